The van der Waals surface area contributed by atoms with Gasteiger partial charge in [0.2, 0.25) is 0 Å². The topological polar surface area (TPSA) is 24.5 Å². The van der Waals surface area contributed by atoms with Crippen LogP contribution < -0.4 is 5.32 Å². The predicted octanol–water partition coefficient (Wildman–Crippen LogP) is 3.01. The zero-order chi connectivity index (χ0) is 15.1. The molecule has 1 atom stereocenters. The van der Waals surface area contributed by atoms with Crippen LogP contribution in [0.5, 0.6) is 0 Å². The van der Waals surface area contributed by atoms with E-state index in [-0.39, 0.29) is 0 Å². The first-order valence-corrected chi connectivity index (χ1v) is 8.33. The van der Waals surface area contributed by atoms with Crippen molar-refractivity contribution < 1.29 is 4.74 Å². The number of ether oxygens (including phenoxy) is 1. The minimum absolute atomic E-state index is 0.415. The summed E-state index contributed by atoms with van der Waals surface area (Å²) in [6, 6.07) is 10.3. The molecular formula is C18H30N2O. The third-order valence-electron chi connectivity index (χ3n) is 4.30. The van der Waals surface area contributed by atoms with Gasteiger partial charge in [-0.15, -0.1) is 0 Å². The maximum absolute atomic E-state index is 5.27. The number of aryl methyl sites for hydroxylation is 1. The van der Waals surface area contributed by atoms with Gasteiger partial charge in [-0.25, -0.2) is 0 Å². The van der Waals surface area contributed by atoms with Crippen LogP contribution in [0.1, 0.15) is 43.9 Å². The fourth-order valence-electron chi connectivity index (χ4n) is 2.83. The summed E-state index contributed by atoms with van der Waals surface area (Å²) >= 11 is 0. The Morgan fingerprint density at radius 1 is 1.24 bits per heavy atom. The number of likely N-dealkylation sites (N-methyl/N-ethyl adjacent to an activating group) is 1. The summed E-state index contributed by atoms with van der Waals surface area (Å²) in [6.07, 6.45) is 3.79. The summed E-state index contributed by atoms with van der Waals surface area (Å²) in [5, 5.41) is 3.64. The van der Waals surface area contributed by atoms with Gasteiger partial charge >= 0.3 is 0 Å². The summed E-state index contributed by atoms with van der Waals surface area (Å²) in [7, 11) is 1.79. The molecule has 0 aromatic heterocycles. The van der Waals surface area contributed by atoms with Crippen molar-refractivity contribution in [2.24, 2.45) is 0 Å². The fraction of sp³-hybridized carbons (Fsp3) is 0.667. The number of nitrogens with one attached hydrogen (secondary N) is 1. The quantitative estimate of drug-likeness (QED) is 0.717. The Morgan fingerprint density at radius 3 is 2.48 bits per heavy atom. The van der Waals surface area contributed by atoms with E-state index in [1.54, 1.807) is 7.11 Å². The van der Waals surface area contributed by atoms with Gasteiger partial charge < -0.3 is 10.1 Å². The Bertz CT molecular complexity index is 400. The molecule has 118 valence electrons. The average molecular weight is 290 g/mol. The second kappa shape index (κ2) is 8.52. The Hall–Kier alpha value is -0.900. The maximum atomic E-state index is 5.27. The van der Waals surface area contributed by atoms with Gasteiger partial charge in [-0.3, -0.25) is 4.90 Å². The Morgan fingerprint density at radius 2 is 1.95 bits per heavy atom. The SMILES string of the molecule is CCNC(CN(CCOC)C1CC1)c1ccc(CC)cc1. The second-order valence-corrected chi connectivity index (χ2v) is 5.92. The molecule has 2 rings (SSSR count). The van der Waals surface area contributed by atoms with Crippen LogP contribution in [0.3, 0.4) is 0 Å². The molecule has 0 bridgehead atoms. The third kappa shape index (κ3) is 5.10. The van der Waals surface area contributed by atoms with Crippen molar-refractivity contribution in [2.45, 2.75) is 45.2 Å². The van der Waals surface area contributed by atoms with E-state index in [2.05, 4.69) is 48.3 Å². The first-order valence-electron chi connectivity index (χ1n) is 8.33. The summed E-state index contributed by atoms with van der Waals surface area (Å²) in [5.41, 5.74) is 2.81. The first-order chi connectivity index (χ1) is 10.3. The Kier molecular flexibility index (Phi) is 6.68. The van der Waals surface area contributed by atoms with Crippen LogP contribution in [-0.2, 0) is 11.2 Å². The molecule has 1 fully saturated rings. The van der Waals surface area contributed by atoms with Crippen LogP contribution >= 0.6 is 0 Å². The molecule has 3 heteroatoms. The Labute approximate surface area is 129 Å². The van der Waals surface area contributed by atoms with E-state index in [1.165, 1.54) is 24.0 Å². The van der Waals surface area contributed by atoms with E-state index in [0.29, 0.717) is 6.04 Å². The van der Waals surface area contributed by atoms with Gasteiger partial charge in [0.15, 0.2) is 0 Å². The molecule has 0 amide bonds. The van der Waals surface area contributed by atoms with Gasteiger partial charge in [0.25, 0.3) is 0 Å². The molecule has 0 spiro atoms. The lowest BCUT2D eigenvalue weighted by Gasteiger charge is -2.28. The molecular weight excluding hydrogens is 260 g/mol. The van der Waals surface area contributed by atoms with Gasteiger partial charge in [-0.1, -0.05) is 38.1 Å². The first kappa shape index (κ1) is 16.5. The lowest BCUT2D eigenvalue weighted by Crippen LogP contribution is -2.38. The molecule has 1 aliphatic carbocycles. The Balaban J connectivity index is 2.01. The lowest BCUT2D eigenvalue weighted by molar-refractivity contribution is 0.136. The highest BCUT2D eigenvalue weighted by Gasteiger charge is 2.30. The zero-order valence-electron chi connectivity index (χ0n) is 13.8. The number of methoxy groups -OCH3 is 1. The lowest BCUT2D eigenvalue weighted by atomic mass is 10.0. The number of hydrogen-bond donors (Lipinski definition) is 1. The van der Waals surface area contributed by atoms with Gasteiger partial charge in [0, 0.05) is 32.3 Å². The second-order valence-electron chi connectivity index (χ2n) is 5.92. The van der Waals surface area contributed by atoms with Crippen LogP contribution in [0.25, 0.3) is 0 Å². The molecule has 0 saturated heterocycles. The van der Waals surface area contributed by atoms with Crippen molar-refractivity contribution in [1.82, 2.24) is 10.2 Å². The highest BCUT2D eigenvalue weighted by atomic mass is 16.5. The van der Waals surface area contributed by atoms with Crippen LogP contribution in [0.15, 0.2) is 24.3 Å². The molecule has 0 aliphatic heterocycles. The van der Waals surface area contributed by atoms with Crippen LogP contribution in [0.4, 0.5) is 0 Å². The number of rotatable bonds is 10. The minimum Gasteiger partial charge on any atom is -0.383 e. The minimum atomic E-state index is 0.415. The molecule has 1 aromatic carbocycles. The number of benzene rings is 1. The molecule has 21 heavy (non-hydrogen) atoms. The van der Waals surface area contributed by atoms with Crippen molar-refractivity contribution in [3.63, 3.8) is 0 Å². The normalized spacial score (nSPS) is 16.4. The summed E-state index contributed by atoms with van der Waals surface area (Å²) in [5.74, 6) is 0. The maximum Gasteiger partial charge on any atom is 0.0589 e. The van der Waals surface area contributed by atoms with Crippen molar-refractivity contribution in [2.75, 3.05) is 33.4 Å². The van der Waals surface area contributed by atoms with E-state index in [9.17, 15) is 0 Å². The molecule has 3 nitrogen and oxygen atoms in total. The van der Waals surface area contributed by atoms with Crippen molar-refractivity contribution >= 4 is 0 Å². The fourth-order valence-corrected chi connectivity index (χ4v) is 2.83. The standard InChI is InChI=1S/C18H30N2O/c1-4-15-6-8-16(9-7-15)18(19-5-2)14-20(12-13-21-3)17-10-11-17/h6-9,17-19H,4-5,10-14H2,1-3H3. The third-order valence-corrected chi connectivity index (χ3v) is 4.30. The molecule has 1 aromatic rings. The number of hydrogen-bond acceptors (Lipinski definition) is 3. The highest BCUT2D eigenvalue weighted by Crippen LogP contribution is 2.28. The van der Waals surface area contributed by atoms with Gasteiger partial charge in [0.1, 0.15) is 0 Å². The van der Waals surface area contributed by atoms with Crippen LogP contribution in [-0.4, -0.2) is 44.3 Å². The van der Waals surface area contributed by atoms with Gasteiger partial charge in [-0.2, -0.15) is 0 Å². The summed E-state index contributed by atoms with van der Waals surface area (Å²) in [6.45, 7) is 8.33. The molecule has 1 aliphatic rings. The van der Waals surface area contributed by atoms with E-state index in [1.807, 2.05) is 0 Å². The number of nitrogens with zero attached hydrogens (tertiary/aromatic N) is 1. The van der Waals surface area contributed by atoms with Crippen LogP contribution in [0.2, 0.25) is 0 Å². The predicted molar refractivity (Wildman–Crippen MR) is 88.7 cm³/mol. The average Bonchev–Trinajstić information content (AvgIpc) is 3.35. The monoisotopic (exact) mass is 290 g/mol. The van der Waals surface area contributed by atoms with Gasteiger partial charge in [-0.05, 0) is 36.9 Å². The molecule has 1 saturated carbocycles. The molecule has 0 radical (unpaired) electrons. The van der Waals surface area contributed by atoms with Gasteiger partial charge in [0.05, 0.1) is 6.61 Å². The smallest absolute Gasteiger partial charge is 0.0589 e. The van der Waals surface area contributed by atoms with E-state index < -0.39 is 0 Å². The highest BCUT2D eigenvalue weighted by molar-refractivity contribution is 5.25. The van der Waals surface area contributed by atoms with E-state index in [4.69, 9.17) is 4.74 Å². The van der Waals surface area contributed by atoms with Crippen molar-refractivity contribution in [3.05, 3.63) is 35.4 Å². The van der Waals surface area contributed by atoms with Crippen molar-refractivity contribution in [1.29, 1.82) is 0 Å². The molecule has 1 N–H and O–H groups in total. The summed E-state index contributed by atoms with van der Waals surface area (Å²) in [4.78, 5) is 2.59. The van der Waals surface area contributed by atoms with E-state index >= 15 is 0 Å². The van der Waals surface area contributed by atoms with E-state index in [0.717, 1.165) is 38.7 Å². The molecule has 1 unspecified atom stereocenters. The van der Waals surface area contributed by atoms with Crippen LogP contribution in [0, 0.1) is 0 Å². The zero-order valence-corrected chi connectivity index (χ0v) is 13.8. The van der Waals surface area contributed by atoms with Crippen molar-refractivity contribution in [3.8, 4) is 0 Å². The molecule has 0 heterocycles. The summed E-state index contributed by atoms with van der Waals surface area (Å²) < 4.78 is 5.27. The largest absolute Gasteiger partial charge is 0.383 e.